The molecular formula is C25H23FN4O3S. The molecule has 0 aliphatic carbocycles. The first kappa shape index (κ1) is 22.2. The van der Waals surface area contributed by atoms with Crippen molar-refractivity contribution in [2.45, 2.75) is 13.0 Å². The zero-order valence-electron chi connectivity index (χ0n) is 18.4. The minimum absolute atomic E-state index is 0.159. The van der Waals surface area contributed by atoms with E-state index in [4.69, 9.17) is 5.14 Å². The Balaban J connectivity index is 1.59. The summed E-state index contributed by atoms with van der Waals surface area (Å²) in [5.74, 6) is -1.80. The predicted molar refractivity (Wildman–Crippen MR) is 128 cm³/mol. The molecule has 0 bridgehead atoms. The summed E-state index contributed by atoms with van der Waals surface area (Å²) in [4.78, 5) is 15.1. The number of primary sulfonamides is 1. The van der Waals surface area contributed by atoms with Gasteiger partial charge in [0.2, 0.25) is 15.9 Å². The number of hydrogen-bond donors (Lipinski definition) is 1. The zero-order valence-corrected chi connectivity index (χ0v) is 19.2. The second-order valence-electron chi connectivity index (χ2n) is 8.62. The Hall–Kier alpha value is -3.56. The van der Waals surface area contributed by atoms with E-state index in [0.717, 1.165) is 16.5 Å². The van der Waals surface area contributed by atoms with Crippen molar-refractivity contribution in [1.82, 2.24) is 9.78 Å². The van der Waals surface area contributed by atoms with Crippen LogP contribution in [0.4, 0.5) is 10.1 Å². The van der Waals surface area contributed by atoms with Gasteiger partial charge in [-0.1, -0.05) is 37.3 Å². The van der Waals surface area contributed by atoms with Gasteiger partial charge in [0.1, 0.15) is 5.82 Å². The molecule has 7 nitrogen and oxygen atoms in total. The van der Waals surface area contributed by atoms with Gasteiger partial charge in [0.15, 0.2) is 0 Å². The molecule has 1 aromatic heterocycles. The van der Waals surface area contributed by atoms with Crippen LogP contribution in [0.15, 0.2) is 79.0 Å². The molecule has 0 saturated carbocycles. The molecule has 0 radical (unpaired) electrons. The number of hydrogen-bond acceptors (Lipinski definition) is 4. The van der Waals surface area contributed by atoms with E-state index in [0.29, 0.717) is 11.4 Å². The van der Waals surface area contributed by atoms with Crippen LogP contribution in [-0.2, 0) is 14.8 Å². The van der Waals surface area contributed by atoms with E-state index in [2.05, 4.69) is 5.10 Å². The first-order valence-electron chi connectivity index (χ1n) is 10.9. The van der Waals surface area contributed by atoms with E-state index in [9.17, 15) is 17.6 Å². The van der Waals surface area contributed by atoms with Crippen LogP contribution in [0.5, 0.6) is 0 Å². The highest BCUT2D eigenvalue weighted by Gasteiger charge is 2.48. The van der Waals surface area contributed by atoms with E-state index in [-0.39, 0.29) is 17.5 Å². The summed E-state index contributed by atoms with van der Waals surface area (Å²) in [6.07, 6.45) is 1.69. The first-order chi connectivity index (χ1) is 16.2. The van der Waals surface area contributed by atoms with E-state index in [1.54, 1.807) is 34.8 Å². The molecule has 4 aromatic rings. The topological polar surface area (TPSA) is 98.3 Å². The number of nitrogens with two attached hydrogens (primary N) is 1. The minimum Gasteiger partial charge on any atom is -0.304 e. The summed E-state index contributed by atoms with van der Waals surface area (Å²) in [5.41, 5.74) is 3.00. The number of fused-ring (bicyclic) bond motifs is 1. The number of carbonyl (C=O) groups is 1. The fourth-order valence-corrected chi connectivity index (χ4v) is 5.81. The van der Waals surface area contributed by atoms with Crippen molar-refractivity contribution in [1.29, 1.82) is 0 Å². The molecule has 1 aliphatic rings. The van der Waals surface area contributed by atoms with Crippen molar-refractivity contribution in [3.05, 3.63) is 90.4 Å². The molecule has 9 heteroatoms. The van der Waals surface area contributed by atoms with Gasteiger partial charge in [-0.05, 0) is 48.0 Å². The Morgan fingerprint density at radius 3 is 2.35 bits per heavy atom. The highest BCUT2D eigenvalue weighted by atomic mass is 32.2. The van der Waals surface area contributed by atoms with Crippen LogP contribution >= 0.6 is 0 Å². The molecule has 1 amide bonds. The Labute approximate surface area is 196 Å². The van der Waals surface area contributed by atoms with Gasteiger partial charge < -0.3 is 4.90 Å². The van der Waals surface area contributed by atoms with Gasteiger partial charge in [0.05, 0.1) is 29.2 Å². The van der Waals surface area contributed by atoms with E-state index >= 15 is 0 Å². The molecule has 174 valence electrons. The molecule has 3 aromatic carbocycles. The van der Waals surface area contributed by atoms with E-state index < -0.39 is 27.9 Å². The zero-order chi connectivity index (χ0) is 24.0. The molecule has 0 unspecified atom stereocenters. The number of halogens is 1. The maximum Gasteiger partial charge on any atom is 0.230 e. The van der Waals surface area contributed by atoms with Crippen LogP contribution in [0.25, 0.3) is 16.6 Å². The van der Waals surface area contributed by atoms with Crippen LogP contribution in [0.2, 0.25) is 0 Å². The number of carbonyl (C=O) groups excluding carboxylic acids is 1. The van der Waals surface area contributed by atoms with Crippen molar-refractivity contribution in [3.63, 3.8) is 0 Å². The van der Waals surface area contributed by atoms with Gasteiger partial charge in [0, 0.05) is 22.9 Å². The number of benzene rings is 3. The number of sulfonamides is 1. The summed E-state index contributed by atoms with van der Waals surface area (Å²) in [6.45, 7) is 1.75. The fraction of sp³-hybridized carbons (Fsp3) is 0.200. The minimum atomic E-state index is -3.79. The summed E-state index contributed by atoms with van der Waals surface area (Å²) in [5, 5.41) is 10.6. The largest absolute Gasteiger partial charge is 0.304 e. The monoisotopic (exact) mass is 478 g/mol. The van der Waals surface area contributed by atoms with Crippen LogP contribution in [0, 0.1) is 17.7 Å². The maximum atomic E-state index is 13.4. The second-order valence-corrected chi connectivity index (χ2v) is 10.3. The lowest BCUT2D eigenvalue weighted by Gasteiger charge is -2.29. The van der Waals surface area contributed by atoms with E-state index in [1.807, 2.05) is 48.5 Å². The number of nitrogens with zero attached hydrogens (tertiary/aromatic N) is 3. The summed E-state index contributed by atoms with van der Waals surface area (Å²) >= 11 is 0. The van der Waals surface area contributed by atoms with Crippen molar-refractivity contribution in [2.75, 3.05) is 10.7 Å². The summed E-state index contributed by atoms with van der Waals surface area (Å²) in [7, 11) is -3.79. The Morgan fingerprint density at radius 2 is 1.68 bits per heavy atom. The molecule has 3 atom stereocenters. The molecule has 2 N–H and O–H groups in total. The highest BCUT2D eigenvalue weighted by molar-refractivity contribution is 7.89. The standard InChI is InChI=1S/C25H23FN4O3S/c1-16-22(15-34(27,32)33)24(17-5-3-2-4-6-17)29(25(16)31)21-11-12-23-18(13-21)14-28-30(23)20-9-7-19(26)8-10-20/h2-14,16,22,24H,15H2,1H3,(H2,27,32,33)/t16-,22-,24-/m0/s1. The van der Waals surface area contributed by atoms with Gasteiger partial charge in [-0.15, -0.1) is 0 Å². The lowest BCUT2D eigenvalue weighted by atomic mass is 9.89. The van der Waals surface area contributed by atoms with Crippen molar-refractivity contribution >= 4 is 32.5 Å². The van der Waals surface area contributed by atoms with Crippen molar-refractivity contribution < 1.29 is 17.6 Å². The van der Waals surface area contributed by atoms with Crippen molar-refractivity contribution in [2.24, 2.45) is 17.0 Å². The quantitative estimate of drug-likeness (QED) is 0.472. The van der Waals surface area contributed by atoms with Crippen LogP contribution in [0.1, 0.15) is 18.5 Å². The van der Waals surface area contributed by atoms with Crippen LogP contribution < -0.4 is 10.0 Å². The number of aromatic nitrogens is 2. The van der Waals surface area contributed by atoms with Crippen molar-refractivity contribution in [3.8, 4) is 5.69 Å². The number of amides is 1. The SMILES string of the molecule is C[C@@H]1C(=O)N(c2ccc3c(cnn3-c3ccc(F)cc3)c2)[C@@H](c2ccccc2)[C@H]1CS(N)(=O)=O. The van der Waals surface area contributed by atoms with Crippen LogP contribution in [0.3, 0.4) is 0 Å². The Kier molecular flexibility index (Phi) is 5.45. The molecule has 2 heterocycles. The Bertz CT molecular complexity index is 1470. The number of anilines is 1. The van der Waals surface area contributed by atoms with Gasteiger partial charge in [0.25, 0.3) is 0 Å². The third-order valence-corrected chi connectivity index (χ3v) is 7.27. The van der Waals surface area contributed by atoms with E-state index in [1.165, 1.54) is 12.1 Å². The van der Waals surface area contributed by atoms with Gasteiger partial charge in [-0.2, -0.15) is 5.10 Å². The fourth-order valence-electron chi connectivity index (χ4n) is 4.80. The average Bonchev–Trinajstić information content (AvgIpc) is 3.33. The second kappa shape index (κ2) is 8.34. The highest BCUT2D eigenvalue weighted by Crippen LogP contribution is 2.45. The third-order valence-electron chi connectivity index (χ3n) is 6.42. The lowest BCUT2D eigenvalue weighted by Crippen LogP contribution is -2.31. The number of rotatable bonds is 5. The summed E-state index contributed by atoms with van der Waals surface area (Å²) < 4.78 is 39.0. The van der Waals surface area contributed by atoms with Gasteiger partial charge in [-0.25, -0.2) is 22.6 Å². The molecule has 5 rings (SSSR count). The molecular weight excluding hydrogens is 455 g/mol. The normalized spacial score (nSPS) is 20.9. The van der Waals surface area contributed by atoms with Gasteiger partial charge in [-0.3, -0.25) is 4.79 Å². The lowest BCUT2D eigenvalue weighted by molar-refractivity contribution is -0.120. The third kappa shape index (κ3) is 3.97. The average molecular weight is 479 g/mol. The molecule has 1 fully saturated rings. The summed E-state index contributed by atoms with van der Waals surface area (Å²) in [6, 6.07) is 20.5. The smallest absolute Gasteiger partial charge is 0.230 e. The van der Waals surface area contributed by atoms with Crippen LogP contribution in [-0.4, -0.2) is 29.9 Å². The maximum absolute atomic E-state index is 13.4. The predicted octanol–water partition coefficient (Wildman–Crippen LogP) is 3.79. The molecule has 1 saturated heterocycles. The first-order valence-corrected chi connectivity index (χ1v) is 12.6. The Morgan fingerprint density at radius 1 is 1.00 bits per heavy atom. The molecule has 1 aliphatic heterocycles. The molecule has 0 spiro atoms. The van der Waals surface area contributed by atoms with Gasteiger partial charge >= 0.3 is 0 Å². The molecule has 34 heavy (non-hydrogen) atoms.